The number of halogens is 1. The molecule has 0 bridgehead atoms. The number of carbonyl (C=O) groups is 1. The Morgan fingerprint density at radius 2 is 1.80 bits per heavy atom. The van der Waals surface area contributed by atoms with Crippen molar-refractivity contribution >= 4 is 17.4 Å². The average Bonchev–Trinajstić information content (AvgIpc) is 3.49. The molecule has 1 aliphatic heterocycles. The molecule has 2 atom stereocenters. The highest BCUT2D eigenvalue weighted by Gasteiger charge is 2.38. The smallest absolute Gasteiger partial charge is 0.340 e. The third kappa shape index (κ3) is 8.51. The van der Waals surface area contributed by atoms with E-state index in [-0.39, 0.29) is 24.1 Å². The van der Waals surface area contributed by atoms with Gasteiger partial charge in [-0.3, -0.25) is 0 Å². The van der Waals surface area contributed by atoms with E-state index in [1.807, 2.05) is 77.9 Å². The van der Waals surface area contributed by atoms with Gasteiger partial charge >= 0.3 is 5.97 Å². The van der Waals surface area contributed by atoms with Gasteiger partial charge in [-0.1, -0.05) is 36.9 Å². The summed E-state index contributed by atoms with van der Waals surface area (Å²) in [6.07, 6.45) is 3.59. The maximum absolute atomic E-state index is 15.6. The second-order valence-corrected chi connectivity index (χ2v) is 14.4. The lowest BCUT2D eigenvalue weighted by atomic mass is 9.92. The van der Waals surface area contributed by atoms with Crippen LogP contribution in [0.1, 0.15) is 77.3 Å². The molecule has 2 aromatic heterocycles. The molecule has 1 saturated heterocycles. The van der Waals surface area contributed by atoms with Crippen molar-refractivity contribution in [2.24, 2.45) is 0 Å². The van der Waals surface area contributed by atoms with E-state index in [0.29, 0.717) is 65.0 Å². The largest absolute Gasteiger partial charge is 0.486 e. The van der Waals surface area contributed by atoms with Crippen molar-refractivity contribution in [3.63, 3.8) is 0 Å². The van der Waals surface area contributed by atoms with E-state index < -0.39 is 17.7 Å². The first-order chi connectivity index (χ1) is 24.2. The number of esters is 1. The molecule has 3 heterocycles. The number of anilines is 1. The maximum Gasteiger partial charge on any atom is 0.340 e. The average molecular weight is 699 g/mol. The Kier molecular flexibility index (Phi) is 11.4. The Morgan fingerprint density at radius 1 is 1.10 bits per heavy atom. The Hall–Kier alpha value is -4.54. The van der Waals surface area contributed by atoms with Crippen LogP contribution in [0.25, 0.3) is 28.0 Å². The highest BCUT2D eigenvalue weighted by atomic mass is 19.1. The summed E-state index contributed by atoms with van der Waals surface area (Å²) in [6, 6.07) is 12.8. The molecule has 272 valence electrons. The Balaban J connectivity index is 1.67. The van der Waals surface area contributed by atoms with Crippen molar-refractivity contribution in [2.75, 3.05) is 31.2 Å². The van der Waals surface area contributed by atoms with E-state index in [1.54, 1.807) is 23.6 Å². The fraction of sp³-hybridized carbons (Fsp3) is 0.439. The molecule has 1 fully saturated rings. The summed E-state index contributed by atoms with van der Waals surface area (Å²) in [7, 11) is 0. The van der Waals surface area contributed by atoms with E-state index in [9.17, 15) is 4.79 Å². The van der Waals surface area contributed by atoms with Crippen LogP contribution in [0.15, 0.2) is 67.8 Å². The summed E-state index contributed by atoms with van der Waals surface area (Å²) in [6.45, 7) is 24.8. The quantitative estimate of drug-likeness (QED) is 0.101. The standard InChI is InChI=1S/C41H51FN4O5/c1-11-21-49-41(10)17-19-45(20-18-41)38-35(37(39(47)48-13-3)51-40(7,8)9)28(6)43-34-25-32(44-46(34)38)29-15-14-16-30(24-29)36-31(42)22-26(4)23-33(36)50-27(5)12-2/h11-12,14-16,22-25,27,37H,1-2,13,17-21H2,3-10H3. The highest BCUT2D eigenvalue weighted by molar-refractivity contribution is 5.81. The maximum atomic E-state index is 15.6. The van der Waals surface area contributed by atoms with Gasteiger partial charge in [-0.25, -0.2) is 14.2 Å². The molecule has 0 amide bonds. The number of nitrogens with zero attached hydrogens (tertiary/aromatic N) is 4. The van der Waals surface area contributed by atoms with Crippen LogP contribution in [0.3, 0.4) is 0 Å². The fourth-order valence-corrected chi connectivity index (χ4v) is 6.43. The predicted molar refractivity (Wildman–Crippen MR) is 200 cm³/mol. The molecule has 1 aliphatic rings. The molecule has 0 saturated carbocycles. The second kappa shape index (κ2) is 15.4. The zero-order valence-corrected chi connectivity index (χ0v) is 31.2. The van der Waals surface area contributed by atoms with Gasteiger partial charge in [0.25, 0.3) is 0 Å². The van der Waals surface area contributed by atoms with Gasteiger partial charge in [-0.2, -0.15) is 9.61 Å². The van der Waals surface area contributed by atoms with Crippen molar-refractivity contribution in [1.29, 1.82) is 0 Å². The van der Waals surface area contributed by atoms with Crippen molar-refractivity contribution in [3.8, 4) is 28.1 Å². The fourth-order valence-electron chi connectivity index (χ4n) is 6.43. The number of carbonyl (C=O) groups excluding carboxylic acids is 1. The lowest BCUT2D eigenvalue weighted by molar-refractivity contribution is -0.166. The van der Waals surface area contributed by atoms with Crippen molar-refractivity contribution in [2.45, 2.75) is 91.6 Å². The number of fused-ring (bicyclic) bond motifs is 1. The van der Waals surface area contributed by atoms with E-state index in [2.05, 4.69) is 25.0 Å². The summed E-state index contributed by atoms with van der Waals surface area (Å²) in [5.41, 5.74) is 4.03. The summed E-state index contributed by atoms with van der Waals surface area (Å²) < 4.78 is 41.7. The number of benzene rings is 2. The second-order valence-electron chi connectivity index (χ2n) is 14.4. The first-order valence-electron chi connectivity index (χ1n) is 17.6. The molecule has 2 unspecified atom stereocenters. The molecule has 5 rings (SSSR count). The zero-order chi connectivity index (χ0) is 37.1. The number of piperidine rings is 1. The molecule has 0 radical (unpaired) electrons. The minimum Gasteiger partial charge on any atom is -0.486 e. The third-order valence-electron chi connectivity index (χ3n) is 9.00. The van der Waals surface area contributed by atoms with Crippen molar-refractivity contribution in [1.82, 2.24) is 14.6 Å². The summed E-state index contributed by atoms with van der Waals surface area (Å²) in [4.78, 5) is 20.8. The van der Waals surface area contributed by atoms with Crippen LogP contribution in [-0.4, -0.2) is 64.2 Å². The Morgan fingerprint density at radius 3 is 2.45 bits per heavy atom. The summed E-state index contributed by atoms with van der Waals surface area (Å²) in [5.74, 6) is 0.287. The number of hydrogen-bond donors (Lipinski definition) is 0. The SMILES string of the molecule is C=CCOC1(C)CCN(c2c(C(OC(C)(C)C)C(=O)OCC)c(C)nc3cc(-c4cccc(-c5c(F)cc(C)cc5OC(C)C=C)c4)nn23)CC1. The van der Waals surface area contributed by atoms with E-state index in [0.717, 1.165) is 24.0 Å². The number of hydrogen-bond acceptors (Lipinski definition) is 8. The van der Waals surface area contributed by atoms with Gasteiger partial charge in [-0.05, 0) is 97.6 Å². The molecule has 51 heavy (non-hydrogen) atoms. The molecular formula is C41H51FN4O5. The van der Waals surface area contributed by atoms with Gasteiger partial charge in [0.2, 0.25) is 0 Å². The van der Waals surface area contributed by atoms with Crippen LogP contribution >= 0.6 is 0 Å². The van der Waals surface area contributed by atoms with Gasteiger partial charge < -0.3 is 23.8 Å². The van der Waals surface area contributed by atoms with Crippen molar-refractivity contribution in [3.05, 3.63) is 90.4 Å². The van der Waals surface area contributed by atoms with E-state index in [1.165, 1.54) is 6.07 Å². The Bertz CT molecular complexity index is 1900. The zero-order valence-electron chi connectivity index (χ0n) is 31.2. The van der Waals surface area contributed by atoms with Crippen LogP contribution in [0.5, 0.6) is 5.75 Å². The van der Waals surface area contributed by atoms with Crippen molar-refractivity contribution < 1.29 is 28.1 Å². The predicted octanol–water partition coefficient (Wildman–Crippen LogP) is 8.75. The van der Waals surface area contributed by atoms with Crippen LogP contribution in [0.4, 0.5) is 10.2 Å². The molecular weight excluding hydrogens is 647 g/mol. The molecule has 10 heteroatoms. The Labute approximate surface area is 301 Å². The molecule has 2 aromatic carbocycles. The molecule has 9 nitrogen and oxygen atoms in total. The number of rotatable bonds is 13. The van der Waals surface area contributed by atoms with E-state index >= 15 is 4.39 Å². The first-order valence-corrected chi connectivity index (χ1v) is 17.6. The van der Waals surface area contributed by atoms with Crippen LogP contribution in [0.2, 0.25) is 0 Å². The number of aromatic nitrogens is 3. The highest BCUT2D eigenvalue weighted by Crippen LogP contribution is 2.40. The van der Waals surface area contributed by atoms with Gasteiger partial charge in [0, 0.05) is 30.4 Å². The minimum absolute atomic E-state index is 0.207. The van der Waals surface area contributed by atoms with Crippen LogP contribution in [-0.2, 0) is 19.0 Å². The third-order valence-corrected chi connectivity index (χ3v) is 9.00. The van der Waals surface area contributed by atoms with Gasteiger partial charge in [0.15, 0.2) is 11.8 Å². The molecule has 0 aliphatic carbocycles. The summed E-state index contributed by atoms with van der Waals surface area (Å²) >= 11 is 0. The van der Waals surface area contributed by atoms with Crippen LogP contribution < -0.4 is 9.64 Å². The van der Waals surface area contributed by atoms with Gasteiger partial charge in [0.1, 0.15) is 23.5 Å². The van der Waals surface area contributed by atoms with E-state index in [4.69, 9.17) is 29.0 Å². The monoisotopic (exact) mass is 698 g/mol. The lowest BCUT2D eigenvalue weighted by Gasteiger charge is -2.41. The number of ether oxygens (including phenoxy) is 4. The minimum atomic E-state index is -1.04. The first kappa shape index (κ1) is 37.7. The normalized spacial score (nSPS) is 15.7. The number of aryl methyl sites for hydroxylation is 2. The topological polar surface area (TPSA) is 87.4 Å². The van der Waals surface area contributed by atoms with Crippen LogP contribution in [0, 0.1) is 19.7 Å². The van der Waals surface area contributed by atoms with Gasteiger partial charge in [0.05, 0.1) is 41.2 Å². The molecule has 0 N–H and O–H groups in total. The lowest BCUT2D eigenvalue weighted by Crippen LogP contribution is -2.45. The summed E-state index contributed by atoms with van der Waals surface area (Å²) in [5, 5.41) is 5.11. The van der Waals surface area contributed by atoms with Gasteiger partial charge in [-0.15, -0.1) is 6.58 Å². The molecule has 0 spiro atoms. The molecule has 4 aromatic rings.